The highest BCUT2D eigenvalue weighted by atomic mass is 19.1. The fourth-order valence-corrected chi connectivity index (χ4v) is 2.87. The van der Waals surface area contributed by atoms with E-state index in [2.05, 4.69) is 10.3 Å². The van der Waals surface area contributed by atoms with Gasteiger partial charge >= 0.3 is 0 Å². The first-order chi connectivity index (χ1) is 12.8. The number of hydrogen-bond acceptors (Lipinski definition) is 5. The number of aromatic nitrogens is 2. The molecule has 3 rings (SSSR count). The second-order valence-electron chi connectivity index (χ2n) is 6.30. The van der Waals surface area contributed by atoms with Crippen molar-refractivity contribution < 1.29 is 19.1 Å². The first kappa shape index (κ1) is 18.6. The normalized spacial score (nSPS) is 13.2. The van der Waals surface area contributed by atoms with Crippen LogP contribution in [0.25, 0.3) is 0 Å². The summed E-state index contributed by atoms with van der Waals surface area (Å²) in [7, 11) is 0. The number of carbonyl (C=O) groups is 2. The molecule has 1 aliphatic rings. The van der Waals surface area contributed by atoms with Crippen molar-refractivity contribution in [2.45, 2.75) is 33.0 Å². The molecule has 9 heteroatoms. The van der Waals surface area contributed by atoms with E-state index >= 15 is 0 Å². The molecule has 0 radical (unpaired) electrons. The fourth-order valence-electron chi connectivity index (χ4n) is 2.87. The molecule has 27 heavy (non-hydrogen) atoms. The number of carbonyl (C=O) groups excluding carboxylic acids is 2. The minimum atomic E-state index is -0.621. The molecule has 0 unspecified atom stereocenters. The molecule has 2 heterocycles. The van der Waals surface area contributed by atoms with Crippen LogP contribution in [0.4, 0.5) is 4.39 Å². The van der Waals surface area contributed by atoms with Crippen LogP contribution in [0, 0.1) is 5.82 Å². The topological polar surface area (TPSA) is 105 Å². The summed E-state index contributed by atoms with van der Waals surface area (Å²) in [4.78, 5) is 41.8. The average Bonchev–Trinajstić information content (AvgIpc) is 2.65. The summed E-state index contributed by atoms with van der Waals surface area (Å²) in [5, 5.41) is 12.7. The quantitative estimate of drug-likeness (QED) is 0.802. The van der Waals surface area contributed by atoms with Crippen LogP contribution in [0.5, 0.6) is 5.75 Å². The number of rotatable bonds is 4. The van der Waals surface area contributed by atoms with Crippen molar-refractivity contribution in [1.29, 1.82) is 0 Å². The molecule has 2 amide bonds. The molecule has 0 fully saturated rings. The molecular weight excluding hydrogens is 355 g/mol. The molecule has 142 valence electrons. The number of hydrogen-bond donors (Lipinski definition) is 2. The van der Waals surface area contributed by atoms with Gasteiger partial charge in [0.1, 0.15) is 11.6 Å². The molecule has 0 spiro atoms. The molecule has 0 bridgehead atoms. The van der Waals surface area contributed by atoms with Crippen molar-refractivity contribution in [2.24, 2.45) is 0 Å². The summed E-state index contributed by atoms with van der Waals surface area (Å²) in [6.07, 6.45) is -0.282. The monoisotopic (exact) mass is 374 g/mol. The molecule has 0 aliphatic carbocycles. The number of halogens is 1. The van der Waals surface area contributed by atoms with E-state index in [1.807, 2.05) is 0 Å². The highest BCUT2D eigenvalue weighted by Crippen LogP contribution is 2.15. The van der Waals surface area contributed by atoms with Crippen molar-refractivity contribution >= 4 is 11.8 Å². The maximum absolute atomic E-state index is 12.9. The predicted molar refractivity (Wildman–Crippen MR) is 93.2 cm³/mol. The minimum Gasteiger partial charge on any atom is -0.502 e. The van der Waals surface area contributed by atoms with Gasteiger partial charge in [-0.2, -0.15) is 0 Å². The van der Waals surface area contributed by atoms with Crippen LogP contribution >= 0.6 is 0 Å². The molecule has 2 N–H and O–H groups in total. The van der Waals surface area contributed by atoms with E-state index in [0.717, 1.165) is 0 Å². The van der Waals surface area contributed by atoms with E-state index < -0.39 is 17.2 Å². The Morgan fingerprint density at radius 3 is 2.63 bits per heavy atom. The van der Waals surface area contributed by atoms with E-state index in [1.54, 1.807) is 12.1 Å². The molecule has 1 aromatic carbocycles. The van der Waals surface area contributed by atoms with E-state index in [0.29, 0.717) is 17.9 Å². The van der Waals surface area contributed by atoms with Gasteiger partial charge in [0.15, 0.2) is 0 Å². The number of benzene rings is 1. The molecule has 1 aliphatic heterocycles. The largest absolute Gasteiger partial charge is 0.502 e. The first-order valence-electron chi connectivity index (χ1n) is 8.43. The Morgan fingerprint density at radius 1 is 1.26 bits per heavy atom. The van der Waals surface area contributed by atoms with E-state index in [4.69, 9.17) is 0 Å². The van der Waals surface area contributed by atoms with Gasteiger partial charge < -0.3 is 15.3 Å². The lowest BCUT2D eigenvalue weighted by Gasteiger charge is -2.28. The van der Waals surface area contributed by atoms with Gasteiger partial charge in [-0.05, 0) is 17.7 Å². The maximum Gasteiger partial charge on any atom is 0.296 e. The lowest BCUT2D eigenvalue weighted by atomic mass is 10.2. The third kappa shape index (κ3) is 4.13. The lowest BCUT2D eigenvalue weighted by molar-refractivity contribution is -0.130. The summed E-state index contributed by atoms with van der Waals surface area (Å²) < 4.78 is 14.2. The highest BCUT2D eigenvalue weighted by molar-refractivity contribution is 5.78. The smallest absolute Gasteiger partial charge is 0.296 e. The lowest BCUT2D eigenvalue weighted by Crippen LogP contribution is -2.42. The molecule has 0 atom stereocenters. The highest BCUT2D eigenvalue weighted by Gasteiger charge is 2.24. The summed E-state index contributed by atoms with van der Waals surface area (Å²) in [6.45, 7) is 2.36. The Bertz CT molecular complexity index is 940. The van der Waals surface area contributed by atoms with Crippen LogP contribution in [0.15, 0.2) is 29.1 Å². The maximum atomic E-state index is 12.9. The zero-order valence-corrected chi connectivity index (χ0v) is 14.7. The van der Waals surface area contributed by atoms with Crippen LogP contribution in [0.2, 0.25) is 0 Å². The van der Waals surface area contributed by atoms with Gasteiger partial charge in [-0.1, -0.05) is 12.1 Å². The van der Waals surface area contributed by atoms with Crippen molar-refractivity contribution in [3.8, 4) is 5.75 Å². The van der Waals surface area contributed by atoms with Gasteiger partial charge in [-0.15, -0.1) is 0 Å². The van der Waals surface area contributed by atoms with Gasteiger partial charge in [-0.25, -0.2) is 9.37 Å². The Kier molecular flexibility index (Phi) is 5.20. The average molecular weight is 374 g/mol. The molecule has 2 aromatic rings. The number of fused-ring (bicyclic) bond motifs is 1. The van der Waals surface area contributed by atoms with Gasteiger partial charge in [0.05, 0.1) is 18.7 Å². The Morgan fingerprint density at radius 2 is 1.96 bits per heavy atom. The van der Waals surface area contributed by atoms with Crippen LogP contribution in [0.3, 0.4) is 0 Å². The zero-order chi connectivity index (χ0) is 19.6. The molecule has 8 nitrogen and oxygen atoms in total. The summed E-state index contributed by atoms with van der Waals surface area (Å²) in [5.41, 5.74) is 0.0577. The van der Waals surface area contributed by atoms with Gasteiger partial charge in [-0.3, -0.25) is 19.0 Å². The Balaban J connectivity index is 1.72. The van der Waals surface area contributed by atoms with E-state index in [-0.39, 0.29) is 43.5 Å². The van der Waals surface area contributed by atoms with Crippen molar-refractivity contribution in [1.82, 2.24) is 19.8 Å². The molecular formula is C18H19FN4O4. The van der Waals surface area contributed by atoms with Crippen LogP contribution in [-0.2, 0) is 35.6 Å². The minimum absolute atomic E-state index is 0.0340. The number of amides is 2. The SMILES string of the molecule is CC(=O)N1CCn2c(nc(CC(=O)NCc3ccc(F)cc3)c(O)c2=O)C1. The summed E-state index contributed by atoms with van der Waals surface area (Å²) >= 11 is 0. The number of nitrogens with zero attached hydrogens (tertiary/aromatic N) is 3. The number of aromatic hydroxyl groups is 1. The van der Waals surface area contributed by atoms with Gasteiger partial charge in [0.2, 0.25) is 17.6 Å². The molecule has 1 aromatic heterocycles. The molecule has 0 saturated carbocycles. The van der Waals surface area contributed by atoms with E-state index in [1.165, 1.54) is 28.5 Å². The standard InChI is InChI=1S/C18H19FN4O4/c1-11(24)22-6-7-23-15(10-22)21-14(17(26)18(23)27)8-16(25)20-9-12-2-4-13(19)5-3-12/h2-5,26H,6-10H2,1H3,(H,20,25). The summed E-state index contributed by atoms with van der Waals surface area (Å²) in [5.74, 6) is -1.17. The second kappa shape index (κ2) is 7.56. The van der Waals surface area contributed by atoms with Crippen molar-refractivity contribution in [3.63, 3.8) is 0 Å². The zero-order valence-electron chi connectivity index (χ0n) is 14.7. The number of nitrogens with one attached hydrogen (secondary N) is 1. The van der Waals surface area contributed by atoms with Crippen LogP contribution in [-0.4, -0.2) is 37.9 Å². The Hall–Kier alpha value is -3.23. The van der Waals surface area contributed by atoms with Gasteiger partial charge in [0.25, 0.3) is 5.56 Å². The predicted octanol–water partition coefficient (Wildman–Crippen LogP) is 0.309. The van der Waals surface area contributed by atoms with Gasteiger partial charge in [0, 0.05) is 26.6 Å². The van der Waals surface area contributed by atoms with Crippen molar-refractivity contribution in [2.75, 3.05) is 6.54 Å². The third-order valence-electron chi connectivity index (χ3n) is 4.40. The molecule has 0 saturated heterocycles. The van der Waals surface area contributed by atoms with Crippen LogP contribution < -0.4 is 10.9 Å². The Labute approximate surface area is 154 Å². The first-order valence-corrected chi connectivity index (χ1v) is 8.43. The van der Waals surface area contributed by atoms with E-state index in [9.17, 15) is 23.9 Å². The fraction of sp³-hybridized carbons (Fsp3) is 0.333. The van der Waals surface area contributed by atoms with Crippen molar-refractivity contribution in [3.05, 3.63) is 57.5 Å². The third-order valence-corrected chi connectivity index (χ3v) is 4.40. The van der Waals surface area contributed by atoms with Crippen LogP contribution in [0.1, 0.15) is 24.0 Å². The second-order valence-corrected chi connectivity index (χ2v) is 6.30. The summed E-state index contributed by atoms with van der Waals surface area (Å²) in [6, 6.07) is 5.68.